The maximum atomic E-state index is 12.6. The van der Waals surface area contributed by atoms with Crippen molar-refractivity contribution in [3.05, 3.63) is 65.2 Å². The van der Waals surface area contributed by atoms with Crippen LogP contribution in [0.15, 0.2) is 53.5 Å². The van der Waals surface area contributed by atoms with Crippen LogP contribution < -0.4 is 20.9 Å². The Morgan fingerprint density at radius 3 is 2.67 bits per heavy atom. The molecule has 0 atom stereocenters. The van der Waals surface area contributed by atoms with Crippen molar-refractivity contribution in [3.63, 3.8) is 0 Å². The number of para-hydroxylation sites is 1. The van der Waals surface area contributed by atoms with E-state index in [1.165, 1.54) is 5.56 Å². The van der Waals surface area contributed by atoms with E-state index in [4.69, 9.17) is 0 Å². The standard InChI is InChI=1S/C22H27N5O2.HI/c1-23-21(29)18-8-5-6-16(14-18)10-12-25-22(24-2)26-15-20(28)27-13-11-17-7-3-4-9-19(17)27;/h3-9,14H,10-13,15H2,1-2H3,(H,23,29)(H2,24,25,26);1H. The summed E-state index contributed by atoms with van der Waals surface area (Å²) in [5, 5.41) is 8.93. The maximum Gasteiger partial charge on any atom is 0.251 e. The second-order valence-corrected chi connectivity index (χ2v) is 6.81. The molecule has 0 saturated carbocycles. The van der Waals surface area contributed by atoms with Gasteiger partial charge in [0, 0.05) is 38.4 Å². The molecule has 0 bridgehead atoms. The third-order valence-corrected chi connectivity index (χ3v) is 4.94. The largest absolute Gasteiger partial charge is 0.356 e. The molecule has 1 aliphatic rings. The Morgan fingerprint density at radius 2 is 1.90 bits per heavy atom. The van der Waals surface area contributed by atoms with E-state index >= 15 is 0 Å². The molecule has 0 aromatic heterocycles. The van der Waals surface area contributed by atoms with Crippen LogP contribution in [-0.4, -0.2) is 51.5 Å². The predicted molar refractivity (Wildman–Crippen MR) is 131 cm³/mol. The molecule has 8 heteroatoms. The Balaban J connectivity index is 0.00000320. The lowest BCUT2D eigenvalue weighted by molar-refractivity contribution is -0.117. The highest BCUT2D eigenvalue weighted by Crippen LogP contribution is 2.27. The van der Waals surface area contributed by atoms with Gasteiger partial charge in [-0.05, 0) is 42.2 Å². The van der Waals surface area contributed by atoms with Gasteiger partial charge >= 0.3 is 0 Å². The Morgan fingerprint density at radius 1 is 1.10 bits per heavy atom. The van der Waals surface area contributed by atoms with E-state index in [1.807, 2.05) is 41.3 Å². The molecule has 1 heterocycles. The number of hydrogen-bond acceptors (Lipinski definition) is 3. The summed E-state index contributed by atoms with van der Waals surface area (Å²) in [6, 6.07) is 15.5. The van der Waals surface area contributed by atoms with E-state index in [-0.39, 0.29) is 42.3 Å². The van der Waals surface area contributed by atoms with Crippen LogP contribution in [0.25, 0.3) is 0 Å². The number of halogens is 1. The summed E-state index contributed by atoms with van der Waals surface area (Å²) in [5.41, 5.74) is 3.91. The van der Waals surface area contributed by atoms with Crippen LogP contribution in [0.2, 0.25) is 0 Å². The summed E-state index contributed by atoms with van der Waals surface area (Å²) in [5.74, 6) is 0.503. The normalized spacial score (nSPS) is 12.6. The van der Waals surface area contributed by atoms with Crippen molar-refractivity contribution in [2.75, 3.05) is 38.6 Å². The van der Waals surface area contributed by atoms with Crippen molar-refractivity contribution in [2.24, 2.45) is 4.99 Å². The number of guanidine groups is 1. The first kappa shape index (κ1) is 23.7. The lowest BCUT2D eigenvalue weighted by Crippen LogP contribution is -2.44. The van der Waals surface area contributed by atoms with E-state index in [9.17, 15) is 9.59 Å². The van der Waals surface area contributed by atoms with Gasteiger partial charge in [0.1, 0.15) is 0 Å². The SMILES string of the molecule is CN=C(NCCc1cccc(C(=O)NC)c1)NCC(=O)N1CCc2ccccc21.I. The lowest BCUT2D eigenvalue weighted by Gasteiger charge is -2.19. The highest BCUT2D eigenvalue weighted by atomic mass is 127. The van der Waals surface area contributed by atoms with Crippen LogP contribution in [0, 0.1) is 0 Å². The van der Waals surface area contributed by atoms with Crippen molar-refractivity contribution < 1.29 is 9.59 Å². The third-order valence-electron chi connectivity index (χ3n) is 4.94. The van der Waals surface area contributed by atoms with Crippen molar-refractivity contribution in [1.29, 1.82) is 0 Å². The number of benzene rings is 2. The summed E-state index contributed by atoms with van der Waals surface area (Å²) in [4.78, 5) is 30.3. The van der Waals surface area contributed by atoms with Gasteiger partial charge in [-0.25, -0.2) is 0 Å². The zero-order chi connectivity index (χ0) is 20.6. The minimum absolute atomic E-state index is 0. The van der Waals surface area contributed by atoms with Crippen molar-refractivity contribution in [3.8, 4) is 0 Å². The molecule has 0 radical (unpaired) electrons. The number of rotatable bonds is 6. The van der Waals surface area contributed by atoms with Gasteiger partial charge < -0.3 is 20.9 Å². The zero-order valence-corrected chi connectivity index (χ0v) is 19.6. The summed E-state index contributed by atoms with van der Waals surface area (Å²) < 4.78 is 0. The molecule has 3 rings (SSSR count). The second kappa shape index (κ2) is 11.5. The molecule has 30 heavy (non-hydrogen) atoms. The third kappa shape index (κ3) is 5.94. The predicted octanol–water partition coefficient (Wildman–Crippen LogP) is 1.96. The number of carbonyl (C=O) groups excluding carboxylic acids is 2. The van der Waals surface area contributed by atoms with Crippen LogP contribution in [0.1, 0.15) is 21.5 Å². The molecule has 7 nitrogen and oxygen atoms in total. The van der Waals surface area contributed by atoms with Crippen LogP contribution in [0.4, 0.5) is 5.69 Å². The number of nitrogens with one attached hydrogen (secondary N) is 3. The number of carbonyl (C=O) groups is 2. The summed E-state index contributed by atoms with van der Waals surface area (Å²) in [7, 11) is 3.30. The second-order valence-electron chi connectivity index (χ2n) is 6.81. The summed E-state index contributed by atoms with van der Waals surface area (Å²) in [6.07, 6.45) is 1.63. The topological polar surface area (TPSA) is 85.8 Å². The van der Waals surface area contributed by atoms with E-state index in [0.717, 1.165) is 24.1 Å². The van der Waals surface area contributed by atoms with Crippen LogP contribution in [0.3, 0.4) is 0 Å². The van der Waals surface area contributed by atoms with Gasteiger partial charge in [-0.1, -0.05) is 30.3 Å². The quantitative estimate of drug-likeness (QED) is 0.308. The first-order chi connectivity index (χ1) is 14.1. The number of nitrogens with zero attached hydrogens (tertiary/aromatic N) is 2. The minimum Gasteiger partial charge on any atom is -0.356 e. The first-order valence-electron chi connectivity index (χ1n) is 9.76. The molecular weight excluding hydrogens is 493 g/mol. The smallest absolute Gasteiger partial charge is 0.251 e. The highest BCUT2D eigenvalue weighted by Gasteiger charge is 2.23. The molecule has 0 spiro atoms. The molecular formula is C22H28IN5O2. The molecule has 2 amide bonds. The van der Waals surface area contributed by atoms with Crippen molar-refractivity contribution in [1.82, 2.24) is 16.0 Å². The fourth-order valence-corrected chi connectivity index (χ4v) is 3.41. The molecule has 1 aliphatic heterocycles. The highest BCUT2D eigenvalue weighted by molar-refractivity contribution is 14.0. The average molecular weight is 521 g/mol. The first-order valence-corrected chi connectivity index (χ1v) is 9.76. The van der Waals surface area contributed by atoms with Crippen LogP contribution >= 0.6 is 24.0 Å². The van der Waals surface area contributed by atoms with E-state index in [0.29, 0.717) is 24.6 Å². The van der Waals surface area contributed by atoms with Crippen molar-refractivity contribution in [2.45, 2.75) is 12.8 Å². The Kier molecular flexibility index (Phi) is 9.10. The molecule has 2 aromatic rings. The molecule has 0 saturated heterocycles. The molecule has 0 aliphatic carbocycles. The Hall–Kier alpha value is -2.62. The zero-order valence-electron chi connectivity index (χ0n) is 17.3. The van der Waals surface area contributed by atoms with Gasteiger partial charge in [0.05, 0.1) is 6.54 Å². The molecule has 2 aromatic carbocycles. The summed E-state index contributed by atoms with van der Waals surface area (Å²) >= 11 is 0. The Bertz CT molecular complexity index is 916. The van der Waals surface area contributed by atoms with Gasteiger partial charge in [0.25, 0.3) is 5.91 Å². The number of amides is 2. The summed E-state index contributed by atoms with van der Waals surface area (Å²) in [6.45, 7) is 1.53. The average Bonchev–Trinajstić information content (AvgIpc) is 3.19. The van der Waals surface area contributed by atoms with Gasteiger partial charge in [-0.2, -0.15) is 0 Å². The Labute approximate surface area is 194 Å². The van der Waals surface area contributed by atoms with Gasteiger partial charge in [0.15, 0.2) is 5.96 Å². The van der Waals surface area contributed by atoms with Gasteiger partial charge in [0.2, 0.25) is 5.91 Å². The fraction of sp³-hybridized carbons (Fsp3) is 0.318. The number of fused-ring (bicyclic) bond motifs is 1. The molecule has 3 N–H and O–H groups in total. The molecule has 0 fully saturated rings. The van der Waals surface area contributed by atoms with Crippen LogP contribution in [0.5, 0.6) is 0 Å². The fourth-order valence-electron chi connectivity index (χ4n) is 3.41. The van der Waals surface area contributed by atoms with Crippen molar-refractivity contribution >= 4 is 47.4 Å². The van der Waals surface area contributed by atoms with E-state index < -0.39 is 0 Å². The number of anilines is 1. The number of hydrogen-bond donors (Lipinski definition) is 3. The minimum atomic E-state index is -0.0979. The maximum absolute atomic E-state index is 12.6. The number of aliphatic imine (C=N–C) groups is 1. The van der Waals surface area contributed by atoms with Gasteiger partial charge in [-0.15, -0.1) is 24.0 Å². The monoisotopic (exact) mass is 521 g/mol. The lowest BCUT2D eigenvalue weighted by atomic mass is 10.1. The van der Waals surface area contributed by atoms with E-state index in [1.54, 1.807) is 20.2 Å². The molecule has 0 unspecified atom stereocenters. The van der Waals surface area contributed by atoms with Gasteiger partial charge in [-0.3, -0.25) is 14.6 Å². The molecule has 160 valence electrons. The van der Waals surface area contributed by atoms with E-state index in [2.05, 4.69) is 27.0 Å². The van der Waals surface area contributed by atoms with Crippen LogP contribution in [-0.2, 0) is 17.6 Å².